The van der Waals surface area contributed by atoms with E-state index in [0.717, 1.165) is 32.5 Å². The molecule has 206 valence electrons. The van der Waals surface area contributed by atoms with Crippen molar-refractivity contribution in [1.82, 2.24) is 10.2 Å². The maximum absolute atomic E-state index is 8.86. The van der Waals surface area contributed by atoms with E-state index in [4.69, 9.17) is 15.8 Å². The normalized spacial score (nSPS) is 15.7. The van der Waals surface area contributed by atoms with Crippen molar-refractivity contribution in [2.24, 2.45) is 4.99 Å². The van der Waals surface area contributed by atoms with Gasteiger partial charge in [-0.05, 0) is 83.6 Å². The minimum absolute atomic E-state index is 0. The number of fused-ring (bicyclic) bond motifs is 1. The first kappa shape index (κ1) is 28.4. The van der Waals surface area contributed by atoms with Crippen molar-refractivity contribution in [3.8, 4) is 11.1 Å². The molecule has 0 atom stereocenters. The number of rotatable bonds is 5. The molecule has 2 aliphatic rings. The summed E-state index contributed by atoms with van der Waals surface area (Å²) in [6.07, 6.45) is 0. The SMILES string of the molecule is Cc1cc(C)c(-c2ccc3c(c2)/C(=C2\SC(N(Cc4ccccc4)Cc4ccccc4)=NC2=N)NC3=N)cc1C.Cl. The molecule has 0 fully saturated rings. The van der Waals surface area contributed by atoms with Gasteiger partial charge in [0.05, 0.1) is 10.6 Å². The standard InChI is InChI=1S/C34H31N5S.ClH/c1-21-16-23(3)28(17-22(21)2)26-14-15-27-29(18-26)30(37-32(27)35)31-33(36)38-34(40-31)39(19-24-10-6-4-7-11-24)20-25-12-8-5-9-13-25;/h4-18,36H,19-20H2,1-3H3,(H2,35,37);1H/b31-30+,36-33?;. The molecule has 41 heavy (non-hydrogen) atoms. The Kier molecular flexibility index (Phi) is 8.15. The fourth-order valence-corrected chi connectivity index (χ4v) is 6.24. The fourth-order valence-electron chi connectivity index (χ4n) is 5.26. The van der Waals surface area contributed by atoms with Crippen LogP contribution in [0.25, 0.3) is 16.8 Å². The first-order valence-electron chi connectivity index (χ1n) is 13.4. The van der Waals surface area contributed by atoms with Gasteiger partial charge in [-0.15, -0.1) is 12.4 Å². The molecular formula is C34H32ClN5S. The van der Waals surface area contributed by atoms with Crippen molar-refractivity contribution in [1.29, 1.82) is 10.8 Å². The van der Waals surface area contributed by atoms with Crippen LogP contribution < -0.4 is 5.32 Å². The van der Waals surface area contributed by atoms with Crippen LogP contribution in [0.15, 0.2) is 101 Å². The molecular weight excluding hydrogens is 546 g/mol. The first-order valence-corrected chi connectivity index (χ1v) is 14.2. The van der Waals surface area contributed by atoms with Gasteiger partial charge in [0.25, 0.3) is 0 Å². The van der Waals surface area contributed by atoms with Gasteiger partial charge in [-0.2, -0.15) is 0 Å². The van der Waals surface area contributed by atoms with Crippen molar-refractivity contribution in [3.63, 3.8) is 0 Å². The quantitative estimate of drug-likeness (QED) is 0.224. The van der Waals surface area contributed by atoms with Crippen LogP contribution in [0.2, 0.25) is 0 Å². The van der Waals surface area contributed by atoms with E-state index in [1.807, 2.05) is 18.2 Å². The highest BCUT2D eigenvalue weighted by atomic mass is 35.5. The van der Waals surface area contributed by atoms with Gasteiger partial charge in [0.15, 0.2) is 11.0 Å². The van der Waals surface area contributed by atoms with Crippen LogP contribution >= 0.6 is 24.2 Å². The lowest BCUT2D eigenvalue weighted by molar-refractivity contribution is 0.415. The molecule has 4 aromatic rings. The lowest BCUT2D eigenvalue weighted by atomic mass is 9.93. The van der Waals surface area contributed by atoms with Crippen molar-refractivity contribution < 1.29 is 0 Å². The average molecular weight is 578 g/mol. The number of aliphatic imine (C=N–C) groups is 1. The van der Waals surface area contributed by atoms with Crippen molar-refractivity contribution in [2.75, 3.05) is 0 Å². The smallest absolute Gasteiger partial charge is 0.171 e. The van der Waals surface area contributed by atoms with Crippen molar-refractivity contribution in [3.05, 3.63) is 135 Å². The second kappa shape index (κ2) is 11.8. The van der Waals surface area contributed by atoms with Crippen LogP contribution in [0.1, 0.15) is 38.9 Å². The number of thioether (sulfide) groups is 1. The molecule has 4 aromatic carbocycles. The summed E-state index contributed by atoms with van der Waals surface area (Å²) in [6, 6.07) is 31.5. The Balaban J connectivity index is 0.00000337. The number of amidine groups is 3. The molecule has 3 N–H and O–H groups in total. The number of hydrogen-bond acceptors (Lipinski definition) is 4. The summed E-state index contributed by atoms with van der Waals surface area (Å²) in [5.74, 6) is 0.579. The molecule has 0 saturated carbocycles. The van der Waals surface area contributed by atoms with Gasteiger partial charge in [0.2, 0.25) is 0 Å². The number of hydrogen-bond donors (Lipinski definition) is 3. The third kappa shape index (κ3) is 5.71. The van der Waals surface area contributed by atoms with Gasteiger partial charge < -0.3 is 10.2 Å². The molecule has 0 radical (unpaired) electrons. The lowest BCUT2D eigenvalue weighted by Crippen LogP contribution is -2.27. The Bertz CT molecular complexity index is 1670. The van der Waals surface area contributed by atoms with E-state index in [1.54, 1.807) is 0 Å². The summed E-state index contributed by atoms with van der Waals surface area (Å²) in [5, 5.41) is 21.6. The van der Waals surface area contributed by atoms with E-state index in [2.05, 4.69) is 104 Å². The van der Waals surface area contributed by atoms with E-state index in [0.29, 0.717) is 18.9 Å². The number of nitrogens with one attached hydrogen (secondary N) is 3. The minimum atomic E-state index is 0. The Hall–Kier alpha value is -4.13. The Morgan fingerprint density at radius 3 is 1.95 bits per heavy atom. The molecule has 0 spiro atoms. The Morgan fingerprint density at radius 2 is 1.32 bits per heavy atom. The number of benzene rings is 4. The average Bonchev–Trinajstić information content (AvgIpc) is 3.50. The molecule has 7 heteroatoms. The zero-order valence-electron chi connectivity index (χ0n) is 23.3. The molecule has 0 amide bonds. The summed E-state index contributed by atoms with van der Waals surface area (Å²) in [6.45, 7) is 7.80. The van der Waals surface area contributed by atoms with Gasteiger partial charge in [0.1, 0.15) is 5.84 Å². The first-order chi connectivity index (χ1) is 19.4. The van der Waals surface area contributed by atoms with Gasteiger partial charge in [-0.3, -0.25) is 10.8 Å². The van der Waals surface area contributed by atoms with Gasteiger partial charge in [-0.1, -0.05) is 78.9 Å². The molecule has 0 bridgehead atoms. The highest BCUT2D eigenvalue weighted by Gasteiger charge is 2.32. The second-order valence-electron chi connectivity index (χ2n) is 10.4. The molecule has 0 unspecified atom stereocenters. The number of nitrogens with zero attached hydrogens (tertiary/aromatic N) is 2. The summed E-state index contributed by atoms with van der Waals surface area (Å²) in [7, 11) is 0. The van der Waals surface area contributed by atoms with Crippen LogP contribution in [-0.4, -0.2) is 21.7 Å². The summed E-state index contributed by atoms with van der Waals surface area (Å²) in [4.78, 5) is 7.72. The molecule has 5 nitrogen and oxygen atoms in total. The van der Waals surface area contributed by atoms with Crippen LogP contribution in [0.3, 0.4) is 0 Å². The molecule has 0 aliphatic carbocycles. The molecule has 6 rings (SSSR count). The minimum Gasteiger partial charge on any atom is -0.342 e. The van der Waals surface area contributed by atoms with Crippen LogP contribution in [-0.2, 0) is 13.1 Å². The topological polar surface area (TPSA) is 75.3 Å². The lowest BCUT2D eigenvalue weighted by Gasteiger charge is -2.24. The van der Waals surface area contributed by atoms with Crippen LogP contribution in [0, 0.1) is 31.6 Å². The van der Waals surface area contributed by atoms with E-state index in [9.17, 15) is 0 Å². The zero-order chi connectivity index (χ0) is 27.8. The van der Waals surface area contributed by atoms with Crippen LogP contribution in [0.5, 0.6) is 0 Å². The van der Waals surface area contributed by atoms with Gasteiger partial charge >= 0.3 is 0 Å². The van der Waals surface area contributed by atoms with Crippen molar-refractivity contribution in [2.45, 2.75) is 33.9 Å². The Labute approximate surface area is 251 Å². The van der Waals surface area contributed by atoms with Crippen LogP contribution in [0.4, 0.5) is 0 Å². The maximum Gasteiger partial charge on any atom is 0.171 e. The van der Waals surface area contributed by atoms with Crippen molar-refractivity contribution >= 4 is 46.7 Å². The third-order valence-corrected chi connectivity index (χ3v) is 8.64. The summed E-state index contributed by atoms with van der Waals surface area (Å²) in [5.41, 5.74) is 11.0. The third-order valence-electron chi connectivity index (χ3n) is 7.51. The maximum atomic E-state index is 8.86. The summed E-state index contributed by atoms with van der Waals surface area (Å²) < 4.78 is 0. The van der Waals surface area contributed by atoms with E-state index >= 15 is 0 Å². The highest BCUT2D eigenvalue weighted by molar-refractivity contribution is 8.18. The van der Waals surface area contributed by atoms with Gasteiger partial charge in [-0.25, -0.2) is 4.99 Å². The van der Waals surface area contributed by atoms with E-state index in [1.165, 1.54) is 45.1 Å². The van der Waals surface area contributed by atoms with Gasteiger partial charge in [0, 0.05) is 24.2 Å². The zero-order valence-corrected chi connectivity index (χ0v) is 24.9. The largest absolute Gasteiger partial charge is 0.342 e. The number of halogens is 1. The molecule has 0 saturated heterocycles. The monoisotopic (exact) mass is 577 g/mol. The predicted molar refractivity (Wildman–Crippen MR) is 175 cm³/mol. The second-order valence-corrected chi connectivity index (χ2v) is 11.4. The Morgan fingerprint density at radius 1 is 0.707 bits per heavy atom. The molecule has 0 aromatic heterocycles. The highest BCUT2D eigenvalue weighted by Crippen LogP contribution is 2.40. The summed E-state index contributed by atoms with van der Waals surface area (Å²) >= 11 is 1.51. The van der Waals surface area contributed by atoms with E-state index < -0.39 is 0 Å². The molecule has 2 aliphatic heterocycles. The van der Waals surface area contributed by atoms with E-state index in [-0.39, 0.29) is 18.2 Å². The number of aryl methyl sites for hydroxylation is 3. The molecule has 2 heterocycles. The predicted octanol–water partition coefficient (Wildman–Crippen LogP) is 8.08. The fraction of sp³-hybridized carbons (Fsp3) is 0.147.